The average Bonchev–Trinajstić information content (AvgIpc) is 2.45. The molecule has 124 valence electrons. The number of aliphatic hydroxyl groups is 1. The molecule has 4 atom stereocenters. The largest absolute Gasteiger partial charge is 0.393 e. The summed E-state index contributed by atoms with van der Waals surface area (Å²) in [4.78, 5) is 0. The summed E-state index contributed by atoms with van der Waals surface area (Å²) in [6.07, 6.45) is 11.8. The van der Waals surface area contributed by atoms with E-state index in [1.54, 1.807) is 0 Å². The smallest absolute Gasteiger partial charge is 0.151 e. The second kappa shape index (κ2) is 7.93. The minimum atomic E-state index is -2.94. The first-order valence-electron chi connectivity index (χ1n) is 8.59. The molecule has 2 N–H and O–H groups in total. The van der Waals surface area contributed by atoms with Gasteiger partial charge in [-0.25, -0.2) is 8.42 Å². The van der Waals surface area contributed by atoms with E-state index in [9.17, 15) is 13.5 Å². The van der Waals surface area contributed by atoms with E-state index in [4.69, 9.17) is 0 Å². The van der Waals surface area contributed by atoms with Gasteiger partial charge in [-0.2, -0.15) is 0 Å². The van der Waals surface area contributed by atoms with Gasteiger partial charge in [-0.15, -0.1) is 0 Å². The van der Waals surface area contributed by atoms with Gasteiger partial charge in [0.1, 0.15) is 0 Å². The highest BCUT2D eigenvalue weighted by Crippen LogP contribution is 2.28. The molecule has 0 unspecified atom stereocenters. The standard InChI is InChI=1S/C16H31NO3S/c1-21(19,20)16-11-5-3-9-14(16)17-12-6-8-13-7-2-4-10-15(13)18/h13-18H,2-12H2,1H3/t13-,14+,15+,16-/m1/s1. The highest BCUT2D eigenvalue weighted by molar-refractivity contribution is 7.91. The molecule has 5 heteroatoms. The van der Waals surface area contributed by atoms with Gasteiger partial charge in [0.2, 0.25) is 0 Å². The third-order valence-corrected chi connectivity index (χ3v) is 6.94. The molecule has 21 heavy (non-hydrogen) atoms. The zero-order chi connectivity index (χ0) is 15.3. The fourth-order valence-corrected chi connectivity index (χ4v) is 5.44. The fraction of sp³-hybridized carbons (Fsp3) is 1.00. The molecule has 0 aromatic heterocycles. The first-order chi connectivity index (χ1) is 9.98. The summed E-state index contributed by atoms with van der Waals surface area (Å²) in [5.74, 6) is 0.456. The van der Waals surface area contributed by atoms with Gasteiger partial charge in [-0.3, -0.25) is 0 Å². The van der Waals surface area contributed by atoms with E-state index in [0.717, 1.165) is 64.3 Å². The van der Waals surface area contributed by atoms with Gasteiger partial charge in [-0.1, -0.05) is 25.7 Å². The van der Waals surface area contributed by atoms with Gasteiger partial charge in [0.15, 0.2) is 9.84 Å². The molecule has 2 saturated carbocycles. The van der Waals surface area contributed by atoms with E-state index in [1.807, 2.05) is 0 Å². The lowest BCUT2D eigenvalue weighted by Crippen LogP contribution is -2.46. The molecule has 4 nitrogen and oxygen atoms in total. The van der Waals surface area contributed by atoms with Gasteiger partial charge in [0, 0.05) is 12.3 Å². The van der Waals surface area contributed by atoms with Crippen molar-refractivity contribution >= 4 is 9.84 Å². The third-order valence-electron chi connectivity index (χ3n) is 5.28. The van der Waals surface area contributed by atoms with E-state index in [1.165, 1.54) is 12.7 Å². The summed E-state index contributed by atoms with van der Waals surface area (Å²) in [6, 6.07) is 0.130. The van der Waals surface area contributed by atoms with E-state index in [0.29, 0.717) is 5.92 Å². The molecule has 0 radical (unpaired) electrons. The number of hydrogen-bond acceptors (Lipinski definition) is 4. The van der Waals surface area contributed by atoms with Crippen LogP contribution in [0.4, 0.5) is 0 Å². The van der Waals surface area contributed by atoms with Crippen LogP contribution in [0, 0.1) is 5.92 Å². The van der Waals surface area contributed by atoms with Gasteiger partial charge in [0.25, 0.3) is 0 Å². The van der Waals surface area contributed by atoms with Crippen molar-refractivity contribution in [3.8, 4) is 0 Å². The van der Waals surface area contributed by atoms with Crippen LogP contribution in [0.1, 0.15) is 64.2 Å². The monoisotopic (exact) mass is 317 g/mol. The van der Waals surface area contributed by atoms with Crippen molar-refractivity contribution in [1.82, 2.24) is 5.32 Å². The maximum atomic E-state index is 11.8. The van der Waals surface area contributed by atoms with Crippen molar-refractivity contribution in [1.29, 1.82) is 0 Å². The number of sulfone groups is 1. The number of hydrogen-bond donors (Lipinski definition) is 2. The Morgan fingerprint density at radius 2 is 1.71 bits per heavy atom. The summed E-state index contributed by atoms with van der Waals surface area (Å²) in [5, 5.41) is 13.2. The van der Waals surface area contributed by atoms with E-state index >= 15 is 0 Å². The number of aliphatic hydroxyl groups excluding tert-OH is 1. The lowest BCUT2D eigenvalue weighted by molar-refractivity contribution is 0.0641. The Bertz CT molecular complexity index is 410. The lowest BCUT2D eigenvalue weighted by atomic mass is 9.83. The summed E-state index contributed by atoms with van der Waals surface area (Å²) in [6.45, 7) is 0.875. The molecule has 0 aromatic rings. The highest BCUT2D eigenvalue weighted by Gasteiger charge is 2.32. The predicted molar refractivity (Wildman–Crippen MR) is 86.1 cm³/mol. The Morgan fingerprint density at radius 1 is 1.05 bits per heavy atom. The minimum Gasteiger partial charge on any atom is -0.393 e. The molecule has 0 bridgehead atoms. The minimum absolute atomic E-state index is 0.114. The normalized spacial score (nSPS) is 34.8. The molecule has 0 spiro atoms. The molecule has 0 aromatic carbocycles. The summed E-state index contributed by atoms with van der Waals surface area (Å²) < 4.78 is 23.7. The Kier molecular flexibility index (Phi) is 6.51. The molecule has 2 rings (SSSR count). The Morgan fingerprint density at radius 3 is 2.43 bits per heavy atom. The predicted octanol–water partition coefficient (Wildman–Crippen LogP) is 2.26. The van der Waals surface area contributed by atoms with Crippen LogP contribution in [0.25, 0.3) is 0 Å². The first-order valence-corrected chi connectivity index (χ1v) is 10.5. The molecule has 0 saturated heterocycles. The lowest BCUT2D eigenvalue weighted by Gasteiger charge is -2.31. The average molecular weight is 317 g/mol. The van der Waals surface area contributed by atoms with Crippen LogP contribution in [0.3, 0.4) is 0 Å². The van der Waals surface area contributed by atoms with Crippen LogP contribution in [0.15, 0.2) is 0 Å². The van der Waals surface area contributed by atoms with E-state index < -0.39 is 9.84 Å². The number of rotatable bonds is 6. The molecule has 0 heterocycles. The summed E-state index contributed by atoms with van der Waals surface area (Å²) in [5.41, 5.74) is 0. The van der Waals surface area contributed by atoms with Crippen molar-refractivity contribution in [2.24, 2.45) is 5.92 Å². The van der Waals surface area contributed by atoms with Gasteiger partial charge < -0.3 is 10.4 Å². The van der Waals surface area contributed by atoms with Crippen LogP contribution < -0.4 is 5.32 Å². The molecular weight excluding hydrogens is 286 g/mol. The fourth-order valence-electron chi connectivity index (χ4n) is 4.02. The first kappa shape index (κ1) is 17.2. The Hall–Kier alpha value is -0.130. The quantitative estimate of drug-likeness (QED) is 0.738. The van der Waals surface area contributed by atoms with Crippen LogP contribution in [0.2, 0.25) is 0 Å². The van der Waals surface area contributed by atoms with Crippen LogP contribution >= 0.6 is 0 Å². The zero-order valence-corrected chi connectivity index (χ0v) is 14.1. The van der Waals surface area contributed by atoms with Gasteiger partial charge in [-0.05, 0) is 51.0 Å². The maximum absolute atomic E-state index is 11.8. The Labute approximate surface area is 129 Å². The van der Waals surface area contributed by atoms with Gasteiger partial charge in [0.05, 0.1) is 11.4 Å². The zero-order valence-electron chi connectivity index (χ0n) is 13.3. The topological polar surface area (TPSA) is 66.4 Å². The second-order valence-corrected chi connectivity index (χ2v) is 9.23. The molecule has 2 aliphatic rings. The van der Waals surface area contributed by atoms with Gasteiger partial charge >= 0.3 is 0 Å². The molecular formula is C16H31NO3S. The van der Waals surface area contributed by atoms with Crippen LogP contribution in [-0.2, 0) is 9.84 Å². The van der Waals surface area contributed by atoms with Crippen molar-refractivity contribution < 1.29 is 13.5 Å². The molecule has 2 aliphatic carbocycles. The second-order valence-electron chi connectivity index (χ2n) is 6.97. The summed E-state index contributed by atoms with van der Waals surface area (Å²) in [7, 11) is -2.94. The molecule has 2 fully saturated rings. The van der Waals surface area contributed by atoms with Crippen molar-refractivity contribution in [3.63, 3.8) is 0 Å². The third kappa shape index (κ3) is 5.22. The highest BCUT2D eigenvalue weighted by atomic mass is 32.2. The number of nitrogens with one attached hydrogen (secondary N) is 1. The van der Waals surface area contributed by atoms with Crippen LogP contribution in [-0.4, -0.2) is 43.7 Å². The summed E-state index contributed by atoms with van der Waals surface area (Å²) >= 11 is 0. The van der Waals surface area contributed by atoms with Crippen molar-refractivity contribution in [2.45, 2.75) is 81.6 Å². The van der Waals surface area contributed by atoms with Crippen molar-refractivity contribution in [3.05, 3.63) is 0 Å². The Balaban J connectivity index is 1.71. The molecule has 0 amide bonds. The van der Waals surface area contributed by atoms with Crippen molar-refractivity contribution in [2.75, 3.05) is 12.8 Å². The molecule has 0 aliphatic heterocycles. The van der Waals surface area contributed by atoms with Crippen LogP contribution in [0.5, 0.6) is 0 Å². The van der Waals surface area contributed by atoms with E-state index in [2.05, 4.69) is 5.32 Å². The SMILES string of the molecule is CS(=O)(=O)[C@@H]1CCCC[C@@H]1NCCC[C@H]1CCCC[C@@H]1O. The van der Waals surface area contributed by atoms with E-state index in [-0.39, 0.29) is 17.4 Å². The maximum Gasteiger partial charge on any atom is 0.151 e.